The lowest BCUT2D eigenvalue weighted by atomic mass is 10.1. The number of hydrogen-bond donors (Lipinski definition) is 1. The van der Waals surface area contributed by atoms with E-state index in [1.165, 1.54) is 0 Å². The number of fused-ring (bicyclic) bond motifs is 2. The number of benzene rings is 3. The van der Waals surface area contributed by atoms with Crippen molar-refractivity contribution in [3.8, 4) is 5.75 Å². The van der Waals surface area contributed by atoms with Crippen LogP contribution in [0.2, 0.25) is 0 Å². The second-order valence-electron chi connectivity index (χ2n) is 6.66. The fourth-order valence-electron chi connectivity index (χ4n) is 3.06. The molecule has 0 saturated heterocycles. The van der Waals surface area contributed by atoms with Gasteiger partial charge in [-0.3, -0.25) is 4.79 Å². The molecule has 4 rings (SSSR count). The topological polar surface area (TPSA) is 53.7 Å². The second kappa shape index (κ2) is 6.65. The number of aromatic hydroxyl groups is 1. The van der Waals surface area contributed by atoms with Crippen LogP contribution >= 0.6 is 0 Å². The molecule has 0 radical (unpaired) electrons. The Bertz CT molecular complexity index is 1220. The summed E-state index contributed by atoms with van der Waals surface area (Å²) in [6.45, 7) is 0. The maximum Gasteiger partial charge on any atom is 0.235 e. The van der Waals surface area contributed by atoms with Gasteiger partial charge in [0.25, 0.3) is 0 Å². The quantitative estimate of drug-likeness (QED) is 0.531. The molecule has 0 aliphatic carbocycles. The summed E-state index contributed by atoms with van der Waals surface area (Å²) in [5, 5.41) is 12.6. The van der Waals surface area contributed by atoms with Crippen LogP contribution in [0.4, 0.5) is 5.69 Å². The maximum absolute atomic E-state index is 12.6. The van der Waals surface area contributed by atoms with Crippen LogP contribution < -0.4 is 10.3 Å². The molecule has 0 atom stereocenters. The first kappa shape index (κ1) is 16.9. The van der Waals surface area contributed by atoms with Gasteiger partial charge in [0, 0.05) is 19.8 Å². The van der Waals surface area contributed by atoms with Gasteiger partial charge < -0.3 is 14.4 Å². The van der Waals surface area contributed by atoms with Crippen LogP contribution in [0.25, 0.3) is 33.9 Å². The molecular weight excluding hydrogens is 338 g/mol. The zero-order valence-electron chi connectivity index (χ0n) is 15.1. The van der Waals surface area contributed by atoms with Gasteiger partial charge in [-0.1, -0.05) is 42.5 Å². The average molecular weight is 357 g/mol. The summed E-state index contributed by atoms with van der Waals surface area (Å²) in [7, 11) is 3.96. The Morgan fingerprint density at radius 1 is 0.926 bits per heavy atom. The van der Waals surface area contributed by atoms with E-state index in [2.05, 4.69) is 0 Å². The van der Waals surface area contributed by atoms with Gasteiger partial charge in [-0.2, -0.15) is 0 Å². The van der Waals surface area contributed by atoms with E-state index in [1.54, 1.807) is 12.1 Å². The third kappa shape index (κ3) is 3.17. The van der Waals surface area contributed by atoms with Crippen molar-refractivity contribution in [1.29, 1.82) is 0 Å². The van der Waals surface area contributed by atoms with Gasteiger partial charge in [0.05, 0.1) is 5.39 Å². The summed E-state index contributed by atoms with van der Waals surface area (Å²) >= 11 is 0. The summed E-state index contributed by atoms with van der Waals surface area (Å²) < 4.78 is 5.82. The highest BCUT2D eigenvalue weighted by molar-refractivity contribution is 5.96. The fourth-order valence-corrected chi connectivity index (χ4v) is 3.06. The molecule has 0 fully saturated rings. The molecule has 134 valence electrons. The normalized spacial score (nSPS) is 11.5. The largest absolute Gasteiger partial charge is 0.502 e. The highest BCUT2D eigenvalue weighted by atomic mass is 16.4. The van der Waals surface area contributed by atoms with E-state index >= 15 is 0 Å². The molecular formula is C23H19NO3. The molecule has 0 saturated carbocycles. The summed E-state index contributed by atoms with van der Waals surface area (Å²) in [6, 6.07) is 19.3. The van der Waals surface area contributed by atoms with Gasteiger partial charge in [-0.15, -0.1) is 0 Å². The molecule has 4 heteroatoms. The van der Waals surface area contributed by atoms with Gasteiger partial charge in [-0.25, -0.2) is 0 Å². The molecule has 1 aromatic heterocycles. The number of anilines is 1. The van der Waals surface area contributed by atoms with Crippen LogP contribution in [-0.4, -0.2) is 19.2 Å². The Balaban J connectivity index is 1.78. The second-order valence-corrected chi connectivity index (χ2v) is 6.66. The van der Waals surface area contributed by atoms with E-state index in [0.717, 1.165) is 22.0 Å². The van der Waals surface area contributed by atoms with Crippen molar-refractivity contribution in [2.45, 2.75) is 0 Å². The lowest BCUT2D eigenvalue weighted by Gasteiger charge is -2.11. The number of rotatable bonds is 3. The third-order valence-corrected chi connectivity index (χ3v) is 4.60. The monoisotopic (exact) mass is 357 g/mol. The first-order valence-corrected chi connectivity index (χ1v) is 8.67. The predicted molar refractivity (Wildman–Crippen MR) is 111 cm³/mol. The van der Waals surface area contributed by atoms with E-state index in [-0.39, 0.29) is 11.5 Å². The lowest BCUT2D eigenvalue weighted by Crippen LogP contribution is -2.07. The summed E-state index contributed by atoms with van der Waals surface area (Å²) in [5.74, 6) is -0.224. The standard InChI is InChI=1S/C23H19NO3/c1-24(2)18-10-7-15(8-11-18)9-12-20-23(26)22(25)19-13-16-5-3-4-6-17(16)14-21(19)27-20/h3-14,26H,1-2H3. The van der Waals surface area contributed by atoms with Crippen LogP contribution in [0, 0.1) is 0 Å². The molecule has 1 N–H and O–H groups in total. The van der Waals surface area contributed by atoms with Gasteiger partial charge in [0.15, 0.2) is 5.76 Å². The zero-order valence-corrected chi connectivity index (χ0v) is 15.1. The van der Waals surface area contributed by atoms with Gasteiger partial charge in [0.1, 0.15) is 5.58 Å². The van der Waals surface area contributed by atoms with Gasteiger partial charge in [0.2, 0.25) is 11.2 Å². The third-order valence-electron chi connectivity index (χ3n) is 4.60. The Morgan fingerprint density at radius 3 is 2.26 bits per heavy atom. The fraction of sp³-hybridized carbons (Fsp3) is 0.0870. The molecule has 0 bridgehead atoms. The first-order valence-electron chi connectivity index (χ1n) is 8.67. The van der Waals surface area contributed by atoms with E-state index < -0.39 is 5.43 Å². The number of hydrogen-bond acceptors (Lipinski definition) is 4. The van der Waals surface area contributed by atoms with Crippen LogP contribution in [-0.2, 0) is 0 Å². The molecule has 0 amide bonds. The molecule has 3 aromatic carbocycles. The van der Waals surface area contributed by atoms with Crippen LogP contribution in [0.15, 0.2) is 69.9 Å². The predicted octanol–water partition coefficient (Wildman–Crippen LogP) is 4.89. The Morgan fingerprint density at radius 2 is 1.59 bits per heavy atom. The summed E-state index contributed by atoms with van der Waals surface area (Å²) in [5.41, 5.74) is 2.07. The minimum Gasteiger partial charge on any atom is -0.502 e. The molecule has 0 aliphatic rings. The van der Waals surface area contributed by atoms with Gasteiger partial charge >= 0.3 is 0 Å². The van der Waals surface area contributed by atoms with Crippen LogP contribution in [0.3, 0.4) is 0 Å². The lowest BCUT2D eigenvalue weighted by molar-refractivity contribution is 0.438. The molecule has 27 heavy (non-hydrogen) atoms. The van der Waals surface area contributed by atoms with Crippen LogP contribution in [0.5, 0.6) is 5.75 Å². The van der Waals surface area contributed by atoms with E-state index in [0.29, 0.717) is 11.0 Å². The molecule has 0 aliphatic heterocycles. The van der Waals surface area contributed by atoms with Gasteiger partial charge in [-0.05, 0) is 46.7 Å². The van der Waals surface area contributed by atoms with Crippen molar-refractivity contribution in [2.24, 2.45) is 0 Å². The Labute approximate surface area is 156 Å². The smallest absolute Gasteiger partial charge is 0.235 e. The Kier molecular flexibility index (Phi) is 4.16. The van der Waals surface area contributed by atoms with Crippen molar-refractivity contribution in [3.63, 3.8) is 0 Å². The maximum atomic E-state index is 12.6. The average Bonchev–Trinajstić information content (AvgIpc) is 2.69. The van der Waals surface area contributed by atoms with Crippen molar-refractivity contribution in [3.05, 3.63) is 82.2 Å². The van der Waals surface area contributed by atoms with E-state index in [4.69, 9.17) is 4.42 Å². The minimum absolute atomic E-state index is 0.152. The highest BCUT2D eigenvalue weighted by Crippen LogP contribution is 2.26. The molecule has 1 heterocycles. The molecule has 0 spiro atoms. The first-order chi connectivity index (χ1) is 13.0. The van der Waals surface area contributed by atoms with Crippen molar-refractivity contribution < 1.29 is 9.52 Å². The van der Waals surface area contributed by atoms with Crippen LogP contribution in [0.1, 0.15) is 11.3 Å². The highest BCUT2D eigenvalue weighted by Gasteiger charge is 2.12. The summed E-state index contributed by atoms with van der Waals surface area (Å²) in [4.78, 5) is 14.6. The Hall–Kier alpha value is -3.53. The minimum atomic E-state index is -0.426. The molecule has 4 aromatic rings. The molecule has 4 nitrogen and oxygen atoms in total. The molecule has 0 unspecified atom stereocenters. The number of nitrogens with zero attached hydrogens (tertiary/aromatic N) is 1. The van der Waals surface area contributed by atoms with Crippen molar-refractivity contribution in [2.75, 3.05) is 19.0 Å². The van der Waals surface area contributed by atoms with Crippen molar-refractivity contribution in [1.82, 2.24) is 0 Å². The summed E-state index contributed by atoms with van der Waals surface area (Å²) in [6.07, 6.45) is 3.43. The van der Waals surface area contributed by atoms with Crippen molar-refractivity contribution >= 4 is 39.6 Å². The SMILES string of the molecule is CN(C)c1ccc(C=Cc2oc3cc4ccccc4cc3c(=O)c2O)cc1. The van der Waals surface area contributed by atoms with E-state index in [9.17, 15) is 9.90 Å². The van der Waals surface area contributed by atoms with E-state index in [1.807, 2.05) is 79.7 Å². The zero-order chi connectivity index (χ0) is 19.0.